The second kappa shape index (κ2) is 6.46. The molecule has 2 rings (SSSR count). The molecule has 1 aliphatic rings. The van der Waals surface area contributed by atoms with Gasteiger partial charge in [-0.25, -0.2) is 4.79 Å². The Labute approximate surface area is 124 Å². The molecule has 0 radical (unpaired) electrons. The van der Waals surface area contributed by atoms with Gasteiger partial charge in [0.25, 0.3) is 0 Å². The molecule has 1 aromatic rings. The molecule has 5 heteroatoms. The van der Waals surface area contributed by atoms with Gasteiger partial charge in [0.15, 0.2) is 0 Å². The van der Waals surface area contributed by atoms with Crippen molar-refractivity contribution in [1.82, 2.24) is 4.90 Å². The Kier molecular flexibility index (Phi) is 4.89. The van der Waals surface area contributed by atoms with Crippen LogP contribution >= 0.6 is 11.6 Å². The molecule has 0 spiro atoms. The van der Waals surface area contributed by atoms with Crippen LogP contribution in [0.15, 0.2) is 30.3 Å². The molecule has 0 saturated heterocycles. The number of hydrogen-bond acceptors (Lipinski definition) is 2. The molecule has 1 fully saturated rings. The SMILES string of the molecule is CN(CC1(O)CCCCC1Cl)C(=O)Nc1ccccc1. The van der Waals surface area contributed by atoms with E-state index in [2.05, 4.69) is 5.32 Å². The van der Waals surface area contributed by atoms with Gasteiger partial charge in [-0.15, -0.1) is 11.6 Å². The number of amides is 2. The minimum absolute atomic E-state index is 0.237. The van der Waals surface area contributed by atoms with Crippen LogP contribution < -0.4 is 5.32 Å². The minimum Gasteiger partial charge on any atom is -0.386 e. The first kappa shape index (κ1) is 15.1. The van der Waals surface area contributed by atoms with Crippen molar-refractivity contribution in [2.45, 2.75) is 36.7 Å². The highest BCUT2D eigenvalue weighted by Gasteiger charge is 2.39. The number of para-hydroxylation sites is 1. The third-order valence-corrected chi connectivity index (χ3v) is 4.41. The Morgan fingerprint density at radius 3 is 2.80 bits per heavy atom. The van der Waals surface area contributed by atoms with Crippen molar-refractivity contribution in [1.29, 1.82) is 0 Å². The number of hydrogen-bond donors (Lipinski definition) is 2. The topological polar surface area (TPSA) is 52.6 Å². The zero-order chi connectivity index (χ0) is 14.6. The number of rotatable bonds is 3. The molecule has 4 nitrogen and oxygen atoms in total. The van der Waals surface area contributed by atoms with Crippen LogP contribution in [-0.4, -0.2) is 40.6 Å². The van der Waals surface area contributed by atoms with Crippen molar-refractivity contribution in [3.63, 3.8) is 0 Å². The van der Waals surface area contributed by atoms with Crippen LogP contribution in [0.2, 0.25) is 0 Å². The average Bonchev–Trinajstić information content (AvgIpc) is 2.43. The summed E-state index contributed by atoms with van der Waals surface area (Å²) in [5.41, 5.74) is -0.245. The van der Waals surface area contributed by atoms with Crippen LogP contribution in [0.1, 0.15) is 25.7 Å². The van der Waals surface area contributed by atoms with E-state index in [1.54, 1.807) is 7.05 Å². The maximum absolute atomic E-state index is 12.1. The predicted octanol–water partition coefficient (Wildman–Crippen LogP) is 3.06. The first-order valence-electron chi connectivity index (χ1n) is 6.95. The number of halogens is 1. The first-order chi connectivity index (χ1) is 9.51. The van der Waals surface area contributed by atoms with E-state index in [1.165, 1.54) is 4.90 Å². The molecule has 1 aromatic carbocycles. The van der Waals surface area contributed by atoms with Crippen LogP contribution in [0.3, 0.4) is 0 Å². The van der Waals surface area contributed by atoms with Crippen LogP contribution in [0.25, 0.3) is 0 Å². The van der Waals surface area contributed by atoms with Crippen molar-refractivity contribution in [2.75, 3.05) is 18.9 Å². The van der Waals surface area contributed by atoms with Gasteiger partial charge in [0.05, 0.1) is 17.5 Å². The molecule has 1 saturated carbocycles. The summed E-state index contributed by atoms with van der Waals surface area (Å²) < 4.78 is 0. The molecular formula is C15H21ClN2O2. The van der Waals surface area contributed by atoms with Gasteiger partial charge in [0, 0.05) is 12.7 Å². The third kappa shape index (κ3) is 3.64. The van der Waals surface area contributed by atoms with Gasteiger partial charge in [0.1, 0.15) is 0 Å². The normalized spacial score (nSPS) is 26.1. The molecule has 110 valence electrons. The lowest BCUT2D eigenvalue weighted by molar-refractivity contribution is -0.00856. The van der Waals surface area contributed by atoms with E-state index in [0.29, 0.717) is 6.42 Å². The summed E-state index contributed by atoms with van der Waals surface area (Å²) >= 11 is 6.22. The van der Waals surface area contributed by atoms with Crippen LogP contribution in [0.4, 0.5) is 10.5 Å². The Bertz CT molecular complexity index is 454. The van der Waals surface area contributed by atoms with Gasteiger partial charge in [0.2, 0.25) is 0 Å². The summed E-state index contributed by atoms with van der Waals surface area (Å²) in [6, 6.07) is 9.02. The predicted molar refractivity (Wildman–Crippen MR) is 81.1 cm³/mol. The fraction of sp³-hybridized carbons (Fsp3) is 0.533. The lowest BCUT2D eigenvalue weighted by Gasteiger charge is -2.39. The number of likely N-dealkylation sites (N-methyl/N-ethyl adjacent to an activating group) is 1. The summed E-state index contributed by atoms with van der Waals surface area (Å²) in [5.74, 6) is 0. The molecule has 2 N–H and O–H groups in total. The second-order valence-electron chi connectivity index (χ2n) is 5.47. The van der Waals surface area contributed by atoms with Crippen molar-refractivity contribution >= 4 is 23.3 Å². The number of alkyl halides is 1. The molecule has 2 amide bonds. The first-order valence-corrected chi connectivity index (χ1v) is 7.38. The molecule has 0 aromatic heterocycles. The van der Waals surface area contributed by atoms with Crippen LogP contribution in [-0.2, 0) is 0 Å². The number of nitrogens with zero attached hydrogens (tertiary/aromatic N) is 1. The van der Waals surface area contributed by atoms with Gasteiger partial charge < -0.3 is 15.3 Å². The lowest BCUT2D eigenvalue weighted by Crippen LogP contribution is -2.52. The maximum Gasteiger partial charge on any atom is 0.321 e. The molecule has 2 atom stereocenters. The molecule has 1 aliphatic carbocycles. The Hall–Kier alpha value is -1.26. The summed E-state index contributed by atoms with van der Waals surface area (Å²) in [7, 11) is 1.68. The van der Waals surface area contributed by atoms with Crippen molar-refractivity contribution < 1.29 is 9.90 Å². The Morgan fingerprint density at radius 1 is 1.45 bits per heavy atom. The van der Waals surface area contributed by atoms with Crippen molar-refractivity contribution in [3.05, 3.63) is 30.3 Å². The van der Waals surface area contributed by atoms with Gasteiger partial charge in [-0.3, -0.25) is 0 Å². The maximum atomic E-state index is 12.1. The number of nitrogens with one attached hydrogen (secondary N) is 1. The van der Waals surface area contributed by atoms with E-state index >= 15 is 0 Å². The van der Waals surface area contributed by atoms with E-state index in [4.69, 9.17) is 11.6 Å². The number of carbonyl (C=O) groups excluding carboxylic acids is 1. The Morgan fingerprint density at radius 2 is 2.15 bits per heavy atom. The van der Waals surface area contributed by atoms with E-state index in [0.717, 1.165) is 24.9 Å². The molecule has 0 bridgehead atoms. The van der Waals surface area contributed by atoms with Gasteiger partial charge in [-0.05, 0) is 25.0 Å². The molecule has 0 heterocycles. The summed E-state index contributed by atoms with van der Waals surface area (Å²) in [6.45, 7) is 0.250. The average molecular weight is 297 g/mol. The number of aliphatic hydroxyl groups is 1. The highest BCUT2D eigenvalue weighted by atomic mass is 35.5. The van der Waals surface area contributed by atoms with E-state index < -0.39 is 5.60 Å². The number of benzene rings is 1. The summed E-state index contributed by atoms with van der Waals surface area (Å²) in [6.07, 6.45) is 3.43. The molecule has 2 unspecified atom stereocenters. The smallest absolute Gasteiger partial charge is 0.321 e. The second-order valence-corrected chi connectivity index (χ2v) is 6.00. The van der Waals surface area contributed by atoms with E-state index in [9.17, 15) is 9.90 Å². The lowest BCUT2D eigenvalue weighted by atomic mass is 9.84. The van der Waals surface area contributed by atoms with Crippen LogP contribution in [0.5, 0.6) is 0 Å². The van der Waals surface area contributed by atoms with Gasteiger partial charge >= 0.3 is 6.03 Å². The van der Waals surface area contributed by atoms with Crippen LogP contribution in [0, 0.1) is 0 Å². The van der Waals surface area contributed by atoms with E-state index in [-0.39, 0.29) is 18.0 Å². The van der Waals surface area contributed by atoms with E-state index in [1.807, 2.05) is 30.3 Å². The largest absolute Gasteiger partial charge is 0.386 e. The van der Waals surface area contributed by atoms with Gasteiger partial charge in [-0.2, -0.15) is 0 Å². The van der Waals surface area contributed by atoms with Gasteiger partial charge in [-0.1, -0.05) is 31.0 Å². The zero-order valence-electron chi connectivity index (χ0n) is 11.7. The molecule has 0 aliphatic heterocycles. The highest BCUT2D eigenvalue weighted by Crippen LogP contribution is 2.33. The number of anilines is 1. The minimum atomic E-state index is -0.984. The number of carbonyl (C=O) groups is 1. The fourth-order valence-corrected chi connectivity index (χ4v) is 2.91. The quantitative estimate of drug-likeness (QED) is 0.842. The van der Waals surface area contributed by atoms with Crippen molar-refractivity contribution in [3.8, 4) is 0 Å². The summed E-state index contributed by atoms with van der Waals surface area (Å²) in [4.78, 5) is 13.6. The highest BCUT2D eigenvalue weighted by molar-refractivity contribution is 6.21. The Balaban J connectivity index is 1.93. The monoisotopic (exact) mass is 296 g/mol. The third-order valence-electron chi connectivity index (χ3n) is 3.78. The number of urea groups is 1. The standard InChI is InChI=1S/C15H21ClN2O2/c1-18(11-15(20)10-6-5-9-13(15)16)14(19)17-12-7-3-2-4-8-12/h2-4,7-8,13,20H,5-6,9-11H2,1H3,(H,17,19). The molecule has 20 heavy (non-hydrogen) atoms. The van der Waals surface area contributed by atoms with Crippen molar-refractivity contribution in [2.24, 2.45) is 0 Å². The molecular weight excluding hydrogens is 276 g/mol. The fourth-order valence-electron chi connectivity index (χ4n) is 2.58. The summed E-state index contributed by atoms with van der Waals surface area (Å²) in [5, 5.41) is 13.1. The zero-order valence-corrected chi connectivity index (χ0v) is 12.4.